The first kappa shape index (κ1) is 22.6. The van der Waals surface area contributed by atoms with E-state index in [9.17, 15) is 8.78 Å². The first-order valence-corrected chi connectivity index (χ1v) is 11.7. The number of hydrogen-bond donors (Lipinski definition) is 1. The van der Waals surface area contributed by atoms with Gasteiger partial charge in [0.1, 0.15) is 28.3 Å². The fourth-order valence-corrected chi connectivity index (χ4v) is 4.85. The number of nitrogens with zero attached hydrogens (tertiary/aromatic N) is 5. The van der Waals surface area contributed by atoms with Crippen LogP contribution in [0.3, 0.4) is 0 Å². The van der Waals surface area contributed by atoms with Gasteiger partial charge in [-0.2, -0.15) is 0 Å². The first-order chi connectivity index (χ1) is 16.5. The molecule has 1 fully saturated rings. The molecule has 176 valence electrons. The average molecular weight is 483 g/mol. The Bertz CT molecular complexity index is 1300. The molecule has 10 heteroatoms. The van der Waals surface area contributed by atoms with Gasteiger partial charge in [-0.3, -0.25) is 0 Å². The van der Waals surface area contributed by atoms with Crippen molar-refractivity contribution in [1.29, 1.82) is 0 Å². The monoisotopic (exact) mass is 482 g/mol. The van der Waals surface area contributed by atoms with Gasteiger partial charge in [0.05, 0.1) is 34.7 Å². The van der Waals surface area contributed by atoms with Crippen molar-refractivity contribution >= 4 is 38.9 Å². The summed E-state index contributed by atoms with van der Waals surface area (Å²) in [7, 11) is 4.01. The summed E-state index contributed by atoms with van der Waals surface area (Å²) in [4.78, 5) is 18.0. The first-order valence-electron chi connectivity index (χ1n) is 10.9. The highest BCUT2D eigenvalue weighted by Gasteiger charge is 2.17. The standard InChI is InChI=1S/C24H24F2N6OS/c1-31(2)14-15-10-16(32-6-8-33-9-7-32)11-22(28-15)30-21-12-19-20(13-27-21)34-24(29-19)23-17(25)4-3-5-18(23)26/h3-5,10-13H,6-9,14H2,1-2H3,(H,27,28,30). The van der Waals surface area contributed by atoms with Gasteiger partial charge in [0, 0.05) is 43.7 Å². The second kappa shape index (κ2) is 9.57. The number of nitrogens with one attached hydrogen (secondary N) is 1. The smallest absolute Gasteiger partial charge is 0.136 e. The minimum atomic E-state index is -0.636. The number of benzene rings is 1. The second-order valence-corrected chi connectivity index (χ2v) is 9.35. The maximum atomic E-state index is 14.2. The molecule has 5 rings (SSSR count). The van der Waals surface area contributed by atoms with Gasteiger partial charge < -0.3 is 19.9 Å². The lowest BCUT2D eigenvalue weighted by Gasteiger charge is -2.29. The van der Waals surface area contributed by atoms with Crippen molar-refractivity contribution in [1.82, 2.24) is 19.9 Å². The molecule has 1 aromatic carbocycles. The zero-order chi connectivity index (χ0) is 23.7. The van der Waals surface area contributed by atoms with Crippen molar-refractivity contribution in [2.75, 3.05) is 50.6 Å². The van der Waals surface area contributed by atoms with Gasteiger partial charge in [0.15, 0.2) is 0 Å². The molecule has 1 aliphatic rings. The zero-order valence-electron chi connectivity index (χ0n) is 18.9. The SMILES string of the molecule is CN(C)Cc1cc(N2CCOCC2)cc(Nc2cc3nc(-c4c(F)cccc4F)sc3cn2)n1. The Balaban J connectivity index is 1.46. The van der Waals surface area contributed by atoms with Crippen molar-refractivity contribution in [2.24, 2.45) is 0 Å². The predicted octanol–water partition coefficient (Wildman–Crippen LogP) is 4.67. The van der Waals surface area contributed by atoms with E-state index >= 15 is 0 Å². The van der Waals surface area contributed by atoms with Crippen LogP contribution in [0.25, 0.3) is 20.8 Å². The Morgan fingerprint density at radius 2 is 1.82 bits per heavy atom. The van der Waals surface area contributed by atoms with E-state index in [1.807, 2.05) is 20.2 Å². The lowest BCUT2D eigenvalue weighted by molar-refractivity contribution is 0.122. The fraction of sp³-hybridized carbons (Fsp3) is 0.292. The quantitative estimate of drug-likeness (QED) is 0.428. The van der Waals surface area contributed by atoms with E-state index < -0.39 is 11.6 Å². The van der Waals surface area contributed by atoms with Gasteiger partial charge in [-0.25, -0.2) is 23.7 Å². The number of anilines is 3. The second-order valence-electron chi connectivity index (χ2n) is 8.32. The Morgan fingerprint density at radius 1 is 1.06 bits per heavy atom. The van der Waals surface area contributed by atoms with Crippen molar-refractivity contribution in [3.05, 3.63) is 59.9 Å². The van der Waals surface area contributed by atoms with Crippen LogP contribution in [-0.4, -0.2) is 60.3 Å². The molecule has 0 aliphatic carbocycles. The van der Waals surface area contributed by atoms with Gasteiger partial charge >= 0.3 is 0 Å². The molecular formula is C24H24F2N6OS. The number of ether oxygens (including phenoxy) is 1. The molecule has 0 amide bonds. The van der Waals surface area contributed by atoms with Crippen LogP contribution in [0.1, 0.15) is 5.69 Å². The summed E-state index contributed by atoms with van der Waals surface area (Å²) < 4.78 is 34.7. The molecule has 0 radical (unpaired) electrons. The predicted molar refractivity (Wildman–Crippen MR) is 131 cm³/mol. The summed E-state index contributed by atoms with van der Waals surface area (Å²) in [5, 5.41) is 3.56. The topological polar surface area (TPSA) is 66.4 Å². The highest BCUT2D eigenvalue weighted by atomic mass is 32.1. The van der Waals surface area contributed by atoms with Crippen LogP contribution in [0.2, 0.25) is 0 Å². The van der Waals surface area contributed by atoms with Gasteiger partial charge in [0.2, 0.25) is 0 Å². The number of morpholine rings is 1. The molecule has 1 N–H and O–H groups in total. The highest BCUT2D eigenvalue weighted by molar-refractivity contribution is 7.21. The zero-order valence-corrected chi connectivity index (χ0v) is 19.7. The van der Waals surface area contributed by atoms with Crippen LogP contribution in [0, 0.1) is 11.6 Å². The summed E-state index contributed by atoms with van der Waals surface area (Å²) in [6, 6.07) is 9.67. The molecule has 0 spiro atoms. The van der Waals surface area contributed by atoms with Crippen LogP contribution < -0.4 is 10.2 Å². The molecule has 0 bridgehead atoms. The molecule has 3 aromatic heterocycles. The minimum absolute atomic E-state index is 0.119. The van der Waals surface area contributed by atoms with Crippen LogP contribution >= 0.6 is 11.3 Å². The average Bonchev–Trinajstić information content (AvgIpc) is 3.22. The molecule has 34 heavy (non-hydrogen) atoms. The maximum absolute atomic E-state index is 14.2. The lowest BCUT2D eigenvalue weighted by atomic mass is 10.2. The van der Waals surface area contributed by atoms with Crippen LogP contribution in [0.5, 0.6) is 0 Å². The van der Waals surface area contributed by atoms with Crippen molar-refractivity contribution in [2.45, 2.75) is 6.54 Å². The summed E-state index contributed by atoms with van der Waals surface area (Å²) in [5.41, 5.74) is 2.50. The van der Waals surface area contributed by atoms with Crippen molar-refractivity contribution in [3.8, 4) is 10.6 Å². The fourth-order valence-electron chi connectivity index (χ4n) is 3.89. The Morgan fingerprint density at radius 3 is 2.56 bits per heavy atom. The number of halogens is 2. The number of rotatable bonds is 6. The Kier molecular flexibility index (Phi) is 6.36. The number of pyridine rings is 2. The molecule has 1 aliphatic heterocycles. The van der Waals surface area contributed by atoms with Crippen molar-refractivity contribution in [3.63, 3.8) is 0 Å². The maximum Gasteiger partial charge on any atom is 0.136 e. The van der Waals surface area contributed by atoms with E-state index in [0.29, 0.717) is 36.9 Å². The highest BCUT2D eigenvalue weighted by Crippen LogP contribution is 2.34. The van der Waals surface area contributed by atoms with E-state index in [0.717, 1.165) is 29.2 Å². The van der Waals surface area contributed by atoms with E-state index in [2.05, 4.69) is 31.2 Å². The number of hydrogen-bond acceptors (Lipinski definition) is 8. The largest absolute Gasteiger partial charge is 0.378 e. The van der Waals surface area contributed by atoms with Gasteiger partial charge in [-0.15, -0.1) is 11.3 Å². The molecule has 0 saturated carbocycles. The molecule has 4 aromatic rings. The molecular weight excluding hydrogens is 458 g/mol. The van der Waals surface area contributed by atoms with Crippen LogP contribution in [0.15, 0.2) is 42.6 Å². The lowest BCUT2D eigenvalue weighted by Crippen LogP contribution is -2.36. The molecule has 4 heterocycles. The van der Waals surface area contributed by atoms with E-state index in [4.69, 9.17) is 9.72 Å². The van der Waals surface area contributed by atoms with Crippen LogP contribution in [0.4, 0.5) is 26.1 Å². The third kappa shape index (κ3) is 4.84. The summed E-state index contributed by atoms with van der Waals surface area (Å²) in [5.74, 6) is -0.0464. The Labute approximate surface area is 200 Å². The van der Waals surface area contributed by atoms with Gasteiger partial charge in [-0.1, -0.05) is 6.07 Å². The third-order valence-electron chi connectivity index (χ3n) is 5.43. The molecule has 0 unspecified atom stereocenters. The number of fused-ring (bicyclic) bond motifs is 1. The van der Waals surface area contributed by atoms with Gasteiger partial charge in [-0.05, 0) is 32.3 Å². The third-order valence-corrected chi connectivity index (χ3v) is 6.45. The van der Waals surface area contributed by atoms with Crippen LogP contribution in [-0.2, 0) is 11.3 Å². The Hall–Kier alpha value is -3.21. The molecule has 0 atom stereocenters. The normalized spacial score (nSPS) is 14.2. The summed E-state index contributed by atoms with van der Waals surface area (Å²) in [6.07, 6.45) is 1.66. The van der Waals surface area contributed by atoms with E-state index in [1.54, 1.807) is 12.3 Å². The summed E-state index contributed by atoms with van der Waals surface area (Å²) in [6.45, 7) is 3.73. The number of aromatic nitrogens is 3. The minimum Gasteiger partial charge on any atom is -0.378 e. The molecule has 1 saturated heterocycles. The van der Waals surface area contributed by atoms with E-state index in [-0.39, 0.29) is 10.6 Å². The summed E-state index contributed by atoms with van der Waals surface area (Å²) >= 11 is 1.20. The van der Waals surface area contributed by atoms with E-state index in [1.165, 1.54) is 29.5 Å². The molecule has 7 nitrogen and oxygen atoms in total. The van der Waals surface area contributed by atoms with Crippen molar-refractivity contribution < 1.29 is 13.5 Å². The number of thiazole rings is 1. The van der Waals surface area contributed by atoms with Gasteiger partial charge in [0.25, 0.3) is 0 Å².